The van der Waals surface area contributed by atoms with E-state index in [9.17, 15) is 4.79 Å². The van der Waals surface area contributed by atoms with Crippen LogP contribution in [0, 0.1) is 0 Å². The molecule has 0 aliphatic rings. The van der Waals surface area contributed by atoms with Crippen LogP contribution >= 0.6 is 0 Å². The van der Waals surface area contributed by atoms with Crippen LogP contribution in [0.2, 0.25) is 0 Å². The number of hydrogen-bond donors (Lipinski definition) is 1. The number of allylic oxidation sites excluding steroid dienone is 3. The number of hydrogen-bond acceptors (Lipinski definition) is 2. The number of carbonyl (C=O) groups excluding carboxylic acids is 1. The highest BCUT2D eigenvalue weighted by atomic mass is 16.1. The summed E-state index contributed by atoms with van der Waals surface area (Å²) in [5.41, 5.74) is 3.22. The highest BCUT2D eigenvalue weighted by Gasteiger charge is 2.07. The lowest BCUT2D eigenvalue weighted by Crippen LogP contribution is -2.25. The van der Waals surface area contributed by atoms with Crippen LogP contribution < -0.4 is 5.32 Å². The van der Waals surface area contributed by atoms with Crippen molar-refractivity contribution in [2.45, 2.75) is 33.6 Å². The third-order valence-electron chi connectivity index (χ3n) is 2.85. The zero-order chi connectivity index (χ0) is 14.3. The molecular weight excluding hydrogens is 238 g/mol. The third kappa shape index (κ3) is 5.55. The number of imidazole rings is 1. The van der Waals surface area contributed by atoms with E-state index in [1.807, 2.05) is 7.05 Å². The Labute approximate surface area is 115 Å². The fraction of sp³-hybridized carbons (Fsp3) is 0.467. The van der Waals surface area contributed by atoms with Crippen molar-refractivity contribution in [2.24, 2.45) is 7.05 Å². The number of aryl methyl sites for hydroxylation is 1. The second kappa shape index (κ2) is 7.56. The SMILES string of the molecule is CC(C)=CCCC(C)=CCNC(=O)c1cncn1C. The summed E-state index contributed by atoms with van der Waals surface area (Å²) in [6.07, 6.45) is 9.57. The van der Waals surface area contributed by atoms with E-state index in [4.69, 9.17) is 0 Å². The van der Waals surface area contributed by atoms with Crippen LogP contribution in [0.5, 0.6) is 0 Å². The molecule has 1 heterocycles. The lowest BCUT2D eigenvalue weighted by molar-refractivity contribution is 0.0950. The van der Waals surface area contributed by atoms with Crippen LogP contribution in [0.1, 0.15) is 44.1 Å². The molecule has 0 fully saturated rings. The van der Waals surface area contributed by atoms with Crippen LogP contribution in [0.4, 0.5) is 0 Å². The van der Waals surface area contributed by atoms with Crippen molar-refractivity contribution in [2.75, 3.05) is 6.54 Å². The highest BCUT2D eigenvalue weighted by molar-refractivity contribution is 5.92. The van der Waals surface area contributed by atoms with Gasteiger partial charge in [-0.25, -0.2) is 4.98 Å². The molecule has 1 N–H and O–H groups in total. The van der Waals surface area contributed by atoms with E-state index in [0.717, 1.165) is 12.8 Å². The lowest BCUT2D eigenvalue weighted by Gasteiger charge is -2.04. The maximum Gasteiger partial charge on any atom is 0.269 e. The zero-order valence-electron chi connectivity index (χ0n) is 12.2. The molecule has 0 bridgehead atoms. The fourth-order valence-corrected chi connectivity index (χ4v) is 1.68. The molecule has 1 amide bonds. The minimum atomic E-state index is -0.0895. The minimum Gasteiger partial charge on any atom is -0.347 e. The number of nitrogens with zero attached hydrogens (tertiary/aromatic N) is 2. The van der Waals surface area contributed by atoms with Gasteiger partial charge in [-0.1, -0.05) is 23.3 Å². The molecule has 1 aromatic heterocycles. The van der Waals surface area contributed by atoms with Crippen LogP contribution in [-0.2, 0) is 7.05 Å². The molecule has 0 unspecified atom stereocenters. The Morgan fingerprint density at radius 1 is 1.37 bits per heavy atom. The molecule has 4 nitrogen and oxygen atoms in total. The molecule has 0 saturated carbocycles. The van der Waals surface area contributed by atoms with Crippen molar-refractivity contribution in [1.29, 1.82) is 0 Å². The van der Waals surface area contributed by atoms with Gasteiger partial charge in [0.2, 0.25) is 0 Å². The van der Waals surface area contributed by atoms with E-state index in [1.165, 1.54) is 11.1 Å². The van der Waals surface area contributed by atoms with Crippen molar-refractivity contribution in [1.82, 2.24) is 14.9 Å². The second-order valence-corrected chi connectivity index (χ2v) is 4.97. The molecule has 0 saturated heterocycles. The fourth-order valence-electron chi connectivity index (χ4n) is 1.68. The summed E-state index contributed by atoms with van der Waals surface area (Å²) in [5.74, 6) is -0.0895. The maximum atomic E-state index is 11.8. The van der Waals surface area contributed by atoms with Gasteiger partial charge in [-0.15, -0.1) is 0 Å². The smallest absolute Gasteiger partial charge is 0.269 e. The summed E-state index contributed by atoms with van der Waals surface area (Å²) in [6, 6.07) is 0. The molecule has 0 atom stereocenters. The molecule has 0 spiro atoms. The average Bonchev–Trinajstić information content (AvgIpc) is 2.75. The molecule has 1 aromatic rings. The Morgan fingerprint density at radius 2 is 2.11 bits per heavy atom. The Kier molecular flexibility index (Phi) is 6.06. The molecule has 4 heteroatoms. The van der Waals surface area contributed by atoms with Crippen molar-refractivity contribution < 1.29 is 4.79 Å². The Balaban J connectivity index is 2.35. The van der Waals surface area contributed by atoms with Gasteiger partial charge in [0.15, 0.2) is 0 Å². The molecule has 1 rings (SSSR count). The predicted octanol–water partition coefficient (Wildman–Crippen LogP) is 2.84. The molecule has 0 aromatic carbocycles. The quantitative estimate of drug-likeness (QED) is 0.800. The number of amides is 1. The van der Waals surface area contributed by atoms with Crippen LogP contribution in [-0.4, -0.2) is 22.0 Å². The monoisotopic (exact) mass is 261 g/mol. The summed E-state index contributed by atoms with van der Waals surface area (Å²) in [6.45, 7) is 6.86. The molecule has 0 radical (unpaired) electrons. The number of rotatable bonds is 6. The van der Waals surface area contributed by atoms with Crippen molar-refractivity contribution in [3.05, 3.63) is 41.5 Å². The minimum absolute atomic E-state index is 0.0895. The second-order valence-electron chi connectivity index (χ2n) is 4.97. The van der Waals surface area contributed by atoms with Crippen LogP contribution in [0.15, 0.2) is 35.8 Å². The van der Waals surface area contributed by atoms with Crippen molar-refractivity contribution in [3.63, 3.8) is 0 Å². The summed E-state index contributed by atoms with van der Waals surface area (Å²) < 4.78 is 1.71. The highest BCUT2D eigenvalue weighted by Crippen LogP contribution is 2.06. The first-order valence-corrected chi connectivity index (χ1v) is 6.54. The van der Waals surface area contributed by atoms with Gasteiger partial charge < -0.3 is 9.88 Å². The number of aromatic nitrogens is 2. The largest absolute Gasteiger partial charge is 0.347 e. The van der Waals surface area contributed by atoms with Gasteiger partial charge in [0.05, 0.1) is 12.5 Å². The Bertz CT molecular complexity index is 479. The summed E-state index contributed by atoms with van der Waals surface area (Å²) >= 11 is 0. The average molecular weight is 261 g/mol. The first kappa shape index (κ1) is 15.2. The van der Waals surface area contributed by atoms with E-state index >= 15 is 0 Å². The van der Waals surface area contributed by atoms with Crippen LogP contribution in [0.25, 0.3) is 0 Å². The molecule has 19 heavy (non-hydrogen) atoms. The van der Waals surface area contributed by atoms with Crippen LogP contribution in [0.3, 0.4) is 0 Å². The molecule has 0 aliphatic carbocycles. The Morgan fingerprint density at radius 3 is 2.68 bits per heavy atom. The van der Waals surface area contributed by atoms with Gasteiger partial charge in [0, 0.05) is 13.6 Å². The van der Waals surface area contributed by atoms with Gasteiger partial charge in [0.25, 0.3) is 5.91 Å². The van der Waals surface area contributed by atoms with E-state index in [2.05, 4.69) is 43.2 Å². The Hall–Kier alpha value is -1.84. The maximum absolute atomic E-state index is 11.8. The van der Waals surface area contributed by atoms with E-state index in [0.29, 0.717) is 12.2 Å². The van der Waals surface area contributed by atoms with Gasteiger partial charge in [-0.05, 0) is 33.6 Å². The van der Waals surface area contributed by atoms with E-state index < -0.39 is 0 Å². The zero-order valence-corrected chi connectivity index (χ0v) is 12.2. The van der Waals surface area contributed by atoms with Gasteiger partial charge in [-0.2, -0.15) is 0 Å². The van der Waals surface area contributed by atoms with E-state index in [-0.39, 0.29) is 5.91 Å². The van der Waals surface area contributed by atoms with Crippen molar-refractivity contribution in [3.8, 4) is 0 Å². The van der Waals surface area contributed by atoms with Gasteiger partial charge >= 0.3 is 0 Å². The van der Waals surface area contributed by atoms with E-state index in [1.54, 1.807) is 17.1 Å². The lowest BCUT2D eigenvalue weighted by atomic mass is 10.1. The normalized spacial score (nSPS) is 11.3. The first-order chi connectivity index (χ1) is 9.00. The topological polar surface area (TPSA) is 46.9 Å². The summed E-state index contributed by atoms with van der Waals surface area (Å²) in [7, 11) is 1.81. The van der Waals surface area contributed by atoms with Crippen molar-refractivity contribution >= 4 is 5.91 Å². The first-order valence-electron chi connectivity index (χ1n) is 6.54. The summed E-state index contributed by atoms with van der Waals surface area (Å²) in [5, 5.41) is 2.86. The summed E-state index contributed by atoms with van der Waals surface area (Å²) in [4.78, 5) is 15.7. The third-order valence-corrected chi connectivity index (χ3v) is 2.85. The van der Waals surface area contributed by atoms with Gasteiger partial charge in [0.1, 0.15) is 5.69 Å². The molecule has 104 valence electrons. The molecular formula is C15H23N3O. The number of carbonyl (C=O) groups is 1. The number of nitrogens with one attached hydrogen (secondary N) is 1. The van der Waals surface area contributed by atoms with Gasteiger partial charge in [-0.3, -0.25) is 4.79 Å². The standard InChI is InChI=1S/C15H23N3O/c1-12(2)6-5-7-13(3)8-9-17-15(19)14-10-16-11-18(14)4/h6,8,10-11H,5,7,9H2,1-4H3,(H,17,19). The predicted molar refractivity (Wildman–Crippen MR) is 78.0 cm³/mol. The molecule has 0 aliphatic heterocycles.